The molecule has 19 heavy (non-hydrogen) atoms. The van der Waals surface area contributed by atoms with Crippen LogP contribution in [0.5, 0.6) is 0 Å². The summed E-state index contributed by atoms with van der Waals surface area (Å²) in [6.45, 7) is 7.70. The Bertz CT molecular complexity index is 555. The van der Waals surface area contributed by atoms with Gasteiger partial charge in [-0.05, 0) is 56.0 Å². The minimum atomic E-state index is -3.41. The highest BCUT2D eigenvalue weighted by molar-refractivity contribution is 7.89. The summed E-state index contributed by atoms with van der Waals surface area (Å²) in [6.07, 6.45) is 0.886. The van der Waals surface area contributed by atoms with Crippen LogP contribution in [0.1, 0.15) is 24.5 Å². The van der Waals surface area contributed by atoms with E-state index in [1.807, 2.05) is 19.9 Å². The highest BCUT2D eigenvalue weighted by Gasteiger charge is 2.24. The van der Waals surface area contributed by atoms with E-state index in [4.69, 9.17) is 0 Å². The lowest BCUT2D eigenvalue weighted by Gasteiger charge is -2.28. The first-order chi connectivity index (χ1) is 8.88. The Morgan fingerprint density at radius 1 is 1.21 bits per heavy atom. The van der Waals surface area contributed by atoms with Crippen LogP contribution in [0.25, 0.3) is 0 Å². The Kier molecular flexibility index (Phi) is 4.28. The average Bonchev–Trinajstić information content (AvgIpc) is 2.32. The van der Waals surface area contributed by atoms with Gasteiger partial charge in [0, 0.05) is 12.6 Å². The molecule has 2 N–H and O–H groups in total. The second kappa shape index (κ2) is 5.61. The van der Waals surface area contributed by atoms with Crippen LogP contribution in [0.15, 0.2) is 23.1 Å². The second-order valence-corrected chi connectivity index (χ2v) is 7.28. The molecule has 5 heteroatoms. The van der Waals surface area contributed by atoms with E-state index in [1.54, 1.807) is 12.1 Å². The number of hydrogen-bond acceptors (Lipinski definition) is 3. The molecule has 0 aliphatic carbocycles. The molecule has 2 rings (SSSR count). The van der Waals surface area contributed by atoms with E-state index in [0.29, 0.717) is 17.4 Å². The molecule has 1 aliphatic rings. The first-order valence-electron chi connectivity index (χ1n) is 6.69. The largest absolute Gasteiger partial charge is 0.315 e. The fraction of sp³-hybridized carbons (Fsp3) is 0.571. The normalized spacial score (nSPS) is 24.4. The number of rotatable bonds is 3. The summed E-state index contributed by atoms with van der Waals surface area (Å²) in [4.78, 5) is 0.355. The molecule has 0 amide bonds. The smallest absolute Gasteiger partial charge is 0.240 e. The maximum atomic E-state index is 12.3. The van der Waals surface area contributed by atoms with Gasteiger partial charge in [0.2, 0.25) is 10.0 Å². The fourth-order valence-electron chi connectivity index (χ4n) is 2.41. The minimum absolute atomic E-state index is 0.0182. The summed E-state index contributed by atoms with van der Waals surface area (Å²) in [5.74, 6) is 0.501. The van der Waals surface area contributed by atoms with Gasteiger partial charge in [0.1, 0.15) is 0 Å². The fourth-order valence-corrected chi connectivity index (χ4v) is 3.75. The van der Waals surface area contributed by atoms with Gasteiger partial charge in [-0.2, -0.15) is 0 Å². The van der Waals surface area contributed by atoms with Gasteiger partial charge in [-0.15, -0.1) is 0 Å². The van der Waals surface area contributed by atoms with Crippen LogP contribution in [-0.4, -0.2) is 27.5 Å². The van der Waals surface area contributed by atoms with Crippen LogP contribution in [0, 0.1) is 19.8 Å². The van der Waals surface area contributed by atoms with Crippen molar-refractivity contribution in [1.82, 2.24) is 10.0 Å². The topological polar surface area (TPSA) is 58.2 Å². The Morgan fingerprint density at radius 2 is 1.95 bits per heavy atom. The minimum Gasteiger partial charge on any atom is -0.315 e. The highest BCUT2D eigenvalue weighted by atomic mass is 32.2. The molecule has 1 heterocycles. The number of sulfonamides is 1. The van der Waals surface area contributed by atoms with Crippen LogP contribution in [-0.2, 0) is 10.0 Å². The van der Waals surface area contributed by atoms with Crippen LogP contribution < -0.4 is 10.0 Å². The molecule has 0 radical (unpaired) electrons. The van der Waals surface area contributed by atoms with Crippen molar-refractivity contribution in [3.63, 3.8) is 0 Å². The van der Waals surface area contributed by atoms with Crippen molar-refractivity contribution in [3.05, 3.63) is 29.3 Å². The molecule has 1 aromatic carbocycles. The summed E-state index contributed by atoms with van der Waals surface area (Å²) >= 11 is 0. The maximum Gasteiger partial charge on any atom is 0.240 e. The van der Waals surface area contributed by atoms with Crippen molar-refractivity contribution in [2.75, 3.05) is 13.1 Å². The number of benzene rings is 1. The lowest BCUT2D eigenvalue weighted by Crippen LogP contribution is -2.48. The molecular formula is C14H22N2O2S. The Hall–Kier alpha value is -0.910. The number of hydrogen-bond donors (Lipinski definition) is 2. The summed E-state index contributed by atoms with van der Waals surface area (Å²) < 4.78 is 27.5. The lowest BCUT2D eigenvalue weighted by atomic mass is 9.99. The van der Waals surface area contributed by atoms with Gasteiger partial charge in [-0.25, -0.2) is 13.1 Å². The van der Waals surface area contributed by atoms with Gasteiger partial charge in [0.15, 0.2) is 0 Å². The third-order valence-electron chi connectivity index (χ3n) is 3.68. The molecular weight excluding hydrogens is 260 g/mol. The maximum absolute atomic E-state index is 12.3. The predicted molar refractivity (Wildman–Crippen MR) is 76.7 cm³/mol. The summed E-state index contributed by atoms with van der Waals surface area (Å²) in [7, 11) is -3.41. The van der Waals surface area contributed by atoms with E-state index in [0.717, 1.165) is 24.1 Å². The first kappa shape index (κ1) is 14.5. The van der Waals surface area contributed by atoms with Gasteiger partial charge >= 0.3 is 0 Å². The summed E-state index contributed by atoms with van der Waals surface area (Å²) in [5.41, 5.74) is 2.10. The Morgan fingerprint density at radius 3 is 2.58 bits per heavy atom. The Labute approximate surface area is 115 Å². The molecule has 1 aliphatic heterocycles. The zero-order chi connectivity index (χ0) is 14.0. The monoisotopic (exact) mass is 282 g/mol. The number of aryl methyl sites for hydroxylation is 2. The Balaban J connectivity index is 2.15. The molecule has 2 atom stereocenters. The van der Waals surface area contributed by atoms with Gasteiger partial charge in [-0.3, -0.25) is 0 Å². The number of piperidine rings is 1. The molecule has 1 saturated heterocycles. The summed E-state index contributed by atoms with van der Waals surface area (Å²) in [5, 5.41) is 3.25. The molecule has 4 nitrogen and oxygen atoms in total. The van der Waals surface area contributed by atoms with Crippen LogP contribution >= 0.6 is 0 Å². The van der Waals surface area contributed by atoms with Crippen molar-refractivity contribution >= 4 is 10.0 Å². The first-order valence-corrected chi connectivity index (χ1v) is 8.17. The van der Waals surface area contributed by atoms with E-state index in [-0.39, 0.29) is 6.04 Å². The molecule has 1 fully saturated rings. The quantitative estimate of drug-likeness (QED) is 0.885. The molecule has 106 valence electrons. The van der Waals surface area contributed by atoms with Crippen LogP contribution in [0.2, 0.25) is 0 Å². The van der Waals surface area contributed by atoms with Crippen molar-refractivity contribution in [3.8, 4) is 0 Å². The zero-order valence-corrected chi connectivity index (χ0v) is 12.5. The van der Waals surface area contributed by atoms with Gasteiger partial charge in [0.25, 0.3) is 0 Å². The van der Waals surface area contributed by atoms with Crippen LogP contribution in [0.4, 0.5) is 0 Å². The van der Waals surface area contributed by atoms with Crippen LogP contribution in [0.3, 0.4) is 0 Å². The second-order valence-electron chi connectivity index (χ2n) is 5.56. The standard InChI is InChI=1S/C14H22N2O2S/c1-10-6-13(9-15-8-10)16-19(17,18)14-5-4-11(2)12(3)7-14/h4-5,7,10,13,15-16H,6,8-9H2,1-3H3. The third kappa shape index (κ3) is 3.55. The van der Waals surface area contributed by atoms with E-state index < -0.39 is 10.0 Å². The molecule has 2 unspecified atom stereocenters. The van der Waals surface area contributed by atoms with E-state index in [9.17, 15) is 8.42 Å². The number of nitrogens with one attached hydrogen (secondary N) is 2. The SMILES string of the molecule is Cc1ccc(S(=O)(=O)NC2CNCC(C)C2)cc1C. The molecule has 0 spiro atoms. The van der Waals surface area contributed by atoms with E-state index in [2.05, 4.69) is 17.0 Å². The third-order valence-corrected chi connectivity index (χ3v) is 5.20. The van der Waals surface area contributed by atoms with Gasteiger partial charge in [-0.1, -0.05) is 13.0 Å². The summed E-state index contributed by atoms with van der Waals surface area (Å²) in [6, 6.07) is 5.24. The molecule has 0 aromatic heterocycles. The van der Waals surface area contributed by atoms with Crippen molar-refractivity contribution in [1.29, 1.82) is 0 Å². The predicted octanol–water partition coefficient (Wildman–Crippen LogP) is 1.58. The molecule has 0 bridgehead atoms. The highest BCUT2D eigenvalue weighted by Crippen LogP contribution is 2.17. The molecule has 0 saturated carbocycles. The van der Waals surface area contributed by atoms with Crippen molar-refractivity contribution < 1.29 is 8.42 Å². The van der Waals surface area contributed by atoms with Crippen molar-refractivity contribution in [2.45, 2.75) is 38.1 Å². The lowest BCUT2D eigenvalue weighted by molar-refractivity contribution is 0.346. The zero-order valence-electron chi connectivity index (χ0n) is 11.7. The average molecular weight is 282 g/mol. The van der Waals surface area contributed by atoms with E-state index in [1.165, 1.54) is 0 Å². The molecule has 1 aromatic rings. The van der Waals surface area contributed by atoms with Gasteiger partial charge < -0.3 is 5.32 Å². The van der Waals surface area contributed by atoms with Crippen molar-refractivity contribution in [2.24, 2.45) is 5.92 Å². The van der Waals surface area contributed by atoms with E-state index >= 15 is 0 Å². The van der Waals surface area contributed by atoms with Gasteiger partial charge in [0.05, 0.1) is 4.90 Å².